The number of nitrogen functional groups attached to an aromatic ring is 1. The Bertz CT molecular complexity index is 707. The van der Waals surface area contributed by atoms with Gasteiger partial charge in [0, 0.05) is 13.2 Å². The lowest BCUT2D eigenvalue weighted by atomic mass is 10.3. The number of benzene rings is 1. The summed E-state index contributed by atoms with van der Waals surface area (Å²) in [5, 5.41) is 4.82. The molecule has 2 N–H and O–H groups in total. The van der Waals surface area contributed by atoms with E-state index in [-0.39, 0.29) is 0 Å². The first-order valence-corrected chi connectivity index (χ1v) is 6.23. The average Bonchev–Trinajstić information content (AvgIpc) is 2.76. The van der Waals surface area contributed by atoms with E-state index in [1.807, 2.05) is 37.5 Å². The first kappa shape index (κ1) is 11.0. The van der Waals surface area contributed by atoms with Gasteiger partial charge in [-0.3, -0.25) is 4.68 Å². The molecule has 0 radical (unpaired) electrons. The Hall–Kier alpha value is -2.08. The van der Waals surface area contributed by atoms with Crippen molar-refractivity contribution in [1.29, 1.82) is 0 Å². The van der Waals surface area contributed by atoms with E-state index in [0.29, 0.717) is 10.8 Å². The molecule has 18 heavy (non-hydrogen) atoms. The first-order valence-electron chi connectivity index (χ1n) is 5.41. The van der Waals surface area contributed by atoms with Crippen molar-refractivity contribution in [3.63, 3.8) is 0 Å². The highest BCUT2D eigenvalue weighted by Crippen LogP contribution is 2.30. The largest absolute Gasteiger partial charge is 0.381 e. The van der Waals surface area contributed by atoms with Crippen LogP contribution >= 0.6 is 11.8 Å². The van der Waals surface area contributed by atoms with Crippen molar-refractivity contribution in [2.24, 2.45) is 7.05 Å². The van der Waals surface area contributed by atoms with Gasteiger partial charge in [0.15, 0.2) is 5.82 Å². The third-order valence-corrected chi connectivity index (χ3v) is 3.40. The van der Waals surface area contributed by atoms with Crippen LogP contribution in [0.2, 0.25) is 0 Å². The highest BCUT2D eigenvalue weighted by Gasteiger charge is 2.08. The summed E-state index contributed by atoms with van der Waals surface area (Å²) in [5.41, 5.74) is 7.58. The topological polar surface area (TPSA) is 69.6 Å². The minimum absolute atomic E-state index is 0.447. The molecule has 0 aliphatic carbocycles. The highest BCUT2D eigenvalue weighted by molar-refractivity contribution is 7.99. The zero-order valence-corrected chi connectivity index (χ0v) is 10.6. The molecule has 90 valence electrons. The number of nitrogens with zero attached hydrogens (tertiary/aromatic N) is 4. The van der Waals surface area contributed by atoms with E-state index in [2.05, 4.69) is 15.1 Å². The lowest BCUT2D eigenvalue weighted by Crippen LogP contribution is -1.96. The molecule has 0 aliphatic rings. The van der Waals surface area contributed by atoms with Crippen molar-refractivity contribution in [3.8, 4) is 0 Å². The van der Waals surface area contributed by atoms with E-state index in [1.165, 1.54) is 11.8 Å². The maximum absolute atomic E-state index is 5.92. The molecule has 2 aromatic heterocycles. The van der Waals surface area contributed by atoms with Gasteiger partial charge in [0.25, 0.3) is 0 Å². The summed E-state index contributed by atoms with van der Waals surface area (Å²) in [6.45, 7) is 0. The van der Waals surface area contributed by atoms with Crippen LogP contribution in [0.3, 0.4) is 0 Å². The SMILES string of the molecule is Cn1cc(Sc2nc3ccccc3nc2N)cn1. The van der Waals surface area contributed by atoms with Gasteiger partial charge in [0.05, 0.1) is 22.1 Å². The number of fused-ring (bicyclic) bond motifs is 1. The summed E-state index contributed by atoms with van der Waals surface area (Å²) in [6.07, 6.45) is 3.70. The molecular formula is C12H11N5S. The van der Waals surface area contributed by atoms with E-state index < -0.39 is 0 Å². The summed E-state index contributed by atoms with van der Waals surface area (Å²) < 4.78 is 1.74. The number of anilines is 1. The van der Waals surface area contributed by atoms with Crippen LogP contribution in [0.5, 0.6) is 0 Å². The van der Waals surface area contributed by atoms with Gasteiger partial charge in [-0.25, -0.2) is 9.97 Å². The molecule has 6 heteroatoms. The van der Waals surface area contributed by atoms with Gasteiger partial charge in [-0.1, -0.05) is 23.9 Å². The Labute approximate surface area is 108 Å². The van der Waals surface area contributed by atoms with Gasteiger partial charge in [0.1, 0.15) is 5.03 Å². The Balaban J connectivity index is 2.03. The van der Waals surface area contributed by atoms with Crippen LogP contribution in [0, 0.1) is 0 Å². The zero-order chi connectivity index (χ0) is 12.5. The molecule has 0 atom stereocenters. The number of aryl methyl sites for hydroxylation is 1. The normalized spacial score (nSPS) is 10.9. The van der Waals surface area contributed by atoms with Crippen molar-refractivity contribution in [2.45, 2.75) is 9.92 Å². The molecule has 0 fully saturated rings. The molecule has 3 aromatic rings. The predicted molar refractivity (Wildman–Crippen MR) is 71.3 cm³/mol. The third kappa shape index (κ3) is 2.02. The van der Waals surface area contributed by atoms with E-state index >= 15 is 0 Å². The van der Waals surface area contributed by atoms with Crippen molar-refractivity contribution in [1.82, 2.24) is 19.7 Å². The Kier molecular flexibility index (Phi) is 2.64. The predicted octanol–water partition coefficient (Wildman–Crippen LogP) is 2.10. The number of nitrogens with two attached hydrogens (primary N) is 1. The van der Waals surface area contributed by atoms with Crippen molar-refractivity contribution in [2.75, 3.05) is 5.73 Å². The fourth-order valence-electron chi connectivity index (χ4n) is 1.64. The lowest BCUT2D eigenvalue weighted by molar-refractivity contribution is 0.766. The average molecular weight is 257 g/mol. The minimum atomic E-state index is 0.447. The molecule has 0 unspecified atom stereocenters. The molecule has 0 saturated heterocycles. The van der Waals surface area contributed by atoms with Crippen molar-refractivity contribution >= 4 is 28.6 Å². The Morgan fingerprint density at radius 3 is 2.56 bits per heavy atom. The molecule has 2 heterocycles. The Morgan fingerprint density at radius 2 is 1.89 bits per heavy atom. The van der Waals surface area contributed by atoms with Crippen LogP contribution < -0.4 is 5.73 Å². The van der Waals surface area contributed by atoms with Crippen LogP contribution in [0.4, 0.5) is 5.82 Å². The lowest BCUT2D eigenvalue weighted by Gasteiger charge is -2.04. The quantitative estimate of drug-likeness (QED) is 0.761. The minimum Gasteiger partial charge on any atom is -0.381 e. The van der Waals surface area contributed by atoms with Gasteiger partial charge >= 0.3 is 0 Å². The third-order valence-electron chi connectivity index (χ3n) is 2.46. The van der Waals surface area contributed by atoms with Crippen LogP contribution in [0.25, 0.3) is 11.0 Å². The van der Waals surface area contributed by atoms with Gasteiger partial charge < -0.3 is 5.73 Å². The number of rotatable bonds is 2. The summed E-state index contributed by atoms with van der Waals surface area (Å²) in [5.74, 6) is 0.447. The number of hydrogen-bond acceptors (Lipinski definition) is 5. The van der Waals surface area contributed by atoms with Crippen LogP contribution in [-0.2, 0) is 7.05 Å². The van der Waals surface area contributed by atoms with Gasteiger partial charge in [-0.2, -0.15) is 5.10 Å². The van der Waals surface area contributed by atoms with E-state index in [9.17, 15) is 0 Å². The molecule has 0 saturated carbocycles. The van der Waals surface area contributed by atoms with Gasteiger partial charge in [0.2, 0.25) is 0 Å². The molecule has 0 bridgehead atoms. The molecular weight excluding hydrogens is 246 g/mol. The second-order valence-electron chi connectivity index (χ2n) is 3.85. The number of para-hydroxylation sites is 2. The molecule has 1 aromatic carbocycles. The summed E-state index contributed by atoms with van der Waals surface area (Å²) in [4.78, 5) is 9.86. The standard InChI is InChI=1S/C12H11N5S/c1-17-7-8(6-14-17)18-12-11(13)15-9-4-2-3-5-10(9)16-12/h2-7H,1H3,(H2,13,15). The second-order valence-corrected chi connectivity index (χ2v) is 4.92. The summed E-state index contributed by atoms with van der Waals surface area (Å²) in [7, 11) is 1.87. The van der Waals surface area contributed by atoms with E-state index in [4.69, 9.17) is 5.73 Å². The molecule has 0 amide bonds. The van der Waals surface area contributed by atoms with Crippen molar-refractivity contribution in [3.05, 3.63) is 36.7 Å². The van der Waals surface area contributed by atoms with E-state index in [1.54, 1.807) is 10.9 Å². The summed E-state index contributed by atoms with van der Waals surface area (Å²) >= 11 is 1.47. The van der Waals surface area contributed by atoms with Gasteiger partial charge in [-0.05, 0) is 12.1 Å². The Morgan fingerprint density at radius 1 is 1.17 bits per heavy atom. The first-order chi connectivity index (χ1) is 8.72. The fraction of sp³-hybridized carbons (Fsp3) is 0.0833. The van der Waals surface area contributed by atoms with Crippen LogP contribution in [-0.4, -0.2) is 19.7 Å². The monoisotopic (exact) mass is 257 g/mol. The number of aromatic nitrogens is 4. The van der Waals surface area contributed by atoms with Crippen LogP contribution in [0.15, 0.2) is 46.6 Å². The fourth-order valence-corrected chi connectivity index (χ4v) is 2.46. The molecule has 0 aliphatic heterocycles. The number of hydrogen-bond donors (Lipinski definition) is 1. The highest BCUT2D eigenvalue weighted by atomic mass is 32.2. The summed E-state index contributed by atoms with van der Waals surface area (Å²) in [6, 6.07) is 7.68. The smallest absolute Gasteiger partial charge is 0.157 e. The van der Waals surface area contributed by atoms with E-state index in [0.717, 1.165) is 15.9 Å². The molecule has 3 rings (SSSR count). The second kappa shape index (κ2) is 4.30. The van der Waals surface area contributed by atoms with Gasteiger partial charge in [-0.15, -0.1) is 0 Å². The molecule has 0 spiro atoms. The molecule has 5 nitrogen and oxygen atoms in total. The maximum atomic E-state index is 5.92. The zero-order valence-electron chi connectivity index (χ0n) is 9.74. The van der Waals surface area contributed by atoms with Crippen LogP contribution in [0.1, 0.15) is 0 Å². The maximum Gasteiger partial charge on any atom is 0.157 e. The van der Waals surface area contributed by atoms with Crippen molar-refractivity contribution < 1.29 is 0 Å².